The van der Waals surface area contributed by atoms with E-state index in [1.807, 2.05) is 26.1 Å². The fourth-order valence-electron chi connectivity index (χ4n) is 0.641. The Hall–Kier alpha value is -0.850. The molecule has 0 aromatic carbocycles. The molecule has 1 nitrogen and oxygen atoms in total. The molecule has 0 aromatic heterocycles. The summed E-state index contributed by atoms with van der Waals surface area (Å²) in [6.07, 6.45) is 3.68. The average molecular weight is 151 g/mol. The van der Waals surface area contributed by atoms with Crippen molar-refractivity contribution in [1.29, 1.82) is 0 Å². The van der Waals surface area contributed by atoms with Crippen LogP contribution in [0.3, 0.4) is 0 Å². The van der Waals surface area contributed by atoms with Crippen molar-refractivity contribution in [3.8, 4) is 0 Å². The Balaban J connectivity index is 4.36. The predicted octanol–water partition coefficient (Wildman–Crippen LogP) is 3.19. The van der Waals surface area contributed by atoms with E-state index in [1.165, 1.54) is 5.57 Å². The van der Waals surface area contributed by atoms with Crippen molar-refractivity contribution >= 4 is 5.71 Å². The molecule has 0 unspecified atom stereocenters. The van der Waals surface area contributed by atoms with Gasteiger partial charge >= 0.3 is 0 Å². The number of rotatable bonds is 3. The summed E-state index contributed by atoms with van der Waals surface area (Å²) in [6, 6.07) is 0. The second-order valence-electron chi connectivity index (χ2n) is 3.12. The minimum absolute atomic E-state index is 0.461. The molecule has 0 rings (SSSR count). The van der Waals surface area contributed by atoms with Gasteiger partial charge in [-0.3, -0.25) is 4.99 Å². The zero-order valence-corrected chi connectivity index (χ0v) is 7.89. The highest BCUT2D eigenvalue weighted by molar-refractivity contribution is 5.96. The van der Waals surface area contributed by atoms with Crippen molar-refractivity contribution < 1.29 is 0 Å². The lowest BCUT2D eigenvalue weighted by Crippen LogP contribution is -2.02. The first-order valence-corrected chi connectivity index (χ1v) is 3.91. The number of aliphatic imine (C=N–C) groups is 1. The van der Waals surface area contributed by atoms with Gasteiger partial charge in [0.25, 0.3) is 0 Å². The van der Waals surface area contributed by atoms with Crippen LogP contribution in [0.4, 0.5) is 0 Å². The number of allylic oxidation sites excluding steroid dienone is 2. The standard InChI is InChI=1S/C10H17N/c1-6-10(9(4)5)11-7-8(2)3/h6-7,9H,1H2,2-5H3/b11-10+. The Morgan fingerprint density at radius 2 is 1.91 bits per heavy atom. The predicted molar refractivity (Wildman–Crippen MR) is 51.9 cm³/mol. The summed E-state index contributed by atoms with van der Waals surface area (Å²) in [5, 5.41) is 0. The molecular formula is C10H17N. The van der Waals surface area contributed by atoms with E-state index in [1.54, 1.807) is 0 Å². The molecule has 11 heavy (non-hydrogen) atoms. The van der Waals surface area contributed by atoms with Gasteiger partial charge in [0.1, 0.15) is 0 Å². The summed E-state index contributed by atoms with van der Waals surface area (Å²) in [7, 11) is 0. The van der Waals surface area contributed by atoms with E-state index in [9.17, 15) is 0 Å². The highest BCUT2D eigenvalue weighted by atomic mass is 14.7. The third kappa shape index (κ3) is 4.54. The van der Waals surface area contributed by atoms with Gasteiger partial charge in [0, 0.05) is 11.9 Å². The molecule has 0 N–H and O–H groups in total. The van der Waals surface area contributed by atoms with Crippen LogP contribution in [0.5, 0.6) is 0 Å². The van der Waals surface area contributed by atoms with Gasteiger partial charge in [-0.1, -0.05) is 26.0 Å². The Bertz CT molecular complexity index is 181. The molecule has 0 aliphatic rings. The van der Waals surface area contributed by atoms with Gasteiger partial charge in [-0.05, 0) is 25.8 Å². The van der Waals surface area contributed by atoms with Crippen molar-refractivity contribution in [2.45, 2.75) is 27.7 Å². The van der Waals surface area contributed by atoms with Crippen molar-refractivity contribution in [1.82, 2.24) is 0 Å². The number of nitrogens with zero attached hydrogens (tertiary/aromatic N) is 1. The molecular weight excluding hydrogens is 134 g/mol. The topological polar surface area (TPSA) is 12.4 Å². The molecule has 0 aliphatic heterocycles. The SMILES string of the molecule is C=C/C(=N\C=C(C)C)C(C)C. The van der Waals surface area contributed by atoms with Gasteiger partial charge < -0.3 is 0 Å². The first-order valence-electron chi connectivity index (χ1n) is 3.91. The second kappa shape index (κ2) is 4.89. The first kappa shape index (κ1) is 10.2. The fraction of sp³-hybridized carbons (Fsp3) is 0.500. The maximum atomic E-state index is 4.28. The minimum Gasteiger partial charge on any atom is -0.261 e. The lowest BCUT2D eigenvalue weighted by atomic mass is 10.1. The largest absolute Gasteiger partial charge is 0.261 e. The Morgan fingerprint density at radius 3 is 2.18 bits per heavy atom. The molecule has 0 atom stereocenters. The molecule has 0 spiro atoms. The zero-order chi connectivity index (χ0) is 8.85. The van der Waals surface area contributed by atoms with Crippen LogP contribution in [-0.2, 0) is 0 Å². The van der Waals surface area contributed by atoms with Crippen LogP contribution in [0.2, 0.25) is 0 Å². The Labute approximate surface area is 69.5 Å². The monoisotopic (exact) mass is 151 g/mol. The molecule has 0 heterocycles. The summed E-state index contributed by atoms with van der Waals surface area (Å²) in [5.74, 6) is 0.461. The maximum absolute atomic E-state index is 4.28. The van der Waals surface area contributed by atoms with Gasteiger partial charge in [0.15, 0.2) is 0 Å². The maximum Gasteiger partial charge on any atom is 0.0423 e. The lowest BCUT2D eigenvalue weighted by molar-refractivity contribution is 0.888. The van der Waals surface area contributed by atoms with Crippen LogP contribution >= 0.6 is 0 Å². The van der Waals surface area contributed by atoms with Crippen LogP contribution in [0.15, 0.2) is 29.4 Å². The normalized spacial score (nSPS) is 11.5. The van der Waals surface area contributed by atoms with Gasteiger partial charge in [-0.25, -0.2) is 0 Å². The van der Waals surface area contributed by atoms with Crippen LogP contribution in [-0.4, -0.2) is 5.71 Å². The van der Waals surface area contributed by atoms with Crippen LogP contribution in [0.25, 0.3) is 0 Å². The van der Waals surface area contributed by atoms with E-state index < -0.39 is 0 Å². The molecule has 0 aromatic rings. The molecule has 0 radical (unpaired) electrons. The number of hydrogen-bond donors (Lipinski definition) is 0. The van der Waals surface area contributed by atoms with E-state index >= 15 is 0 Å². The van der Waals surface area contributed by atoms with E-state index in [2.05, 4.69) is 25.4 Å². The Kier molecular flexibility index (Phi) is 4.51. The third-order valence-corrected chi connectivity index (χ3v) is 1.27. The van der Waals surface area contributed by atoms with E-state index in [-0.39, 0.29) is 0 Å². The van der Waals surface area contributed by atoms with Gasteiger partial charge in [-0.15, -0.1) is 0 Å². The zero-order valence-electron chi connectivity index (χ0n) is 7.89. The molecule has 62 valence electrons. The smallest absolute Gasteiger partial charge is 0.0423 e. The quantitative estimate of drug-likeness (QED) is 0.549. The first-order chi connectivity index (χ1) is 5.07. The summed E-state index contributed by atoms with van der Waals surface area (Å²) in [4.78, 5) is 4.28. The van der Waals surface area contributed by atoms with Crippen molar-refractivity contribution in [2.75, 3.05) is 0 Å². The van der Waals surface area contributed by atoms with E-state index in [0.29, 0.717) is 5.92 Å². The fourth-order valence-corrected chi connectivity index (χ4v) is 0.641. The third-order valence-electron chi connectivity index (χ3n) is 1.27. The average Bonchev–Trinajstić information content (AvgIpc) is 1.87. The second-order valence-corrected chi connectivity index (χ2v) is 3.12. The van der Waals surface area contributed by atoms with Crippen LogP contribution in [0.1, 0.15) is 27.7 Å². The van der Waals surface area contributed by atoms with Crippen LogP contribution < -0.4 is 0 Å². The van der Waals surface area contributed by atoms with E-state index in [0.717, 1.165) is 5.71 Å². The van der Waals surface area contributed by atoms with Gasteiger partial charge in [-0.2, -0.15) is 0 Å². The molecule has 0 aliphatic carbocycles. The molecule has 0 saturated heterocycles. The molecule has 0 fully saturated rings. The highest BCUT2D eigenvalue weighted by Gasteiger charge is 1.97. The molecule has 0 bridgehead atoms. The molecule has 0 saturated carbocycles. The minimum atomic E-state index is 0.461. The van der Waals surface area contributed by atoms with Crippen LogP contribution in [0, 0.1) is 5.92 Å². The van der Waals surface area contributed by atoms with E-state index in [4.69, 9.17) is 0 Å². The lowest BCUT2D eigenvalue weighted by Gasteiger charge is -2.01. The summed E-state index contributed by atoms with van der Waals surface area (Å²) < 4.78 is 0. The highest BCUT2D eigenvalue weighted by Crippen LogP contribution is 2.00. The summed E-state index contributed by atoms with van der Waals surface area (Å²) in [6.45, 7) is 12.0. The van der Waals surface area contributed by atoms with Crippen molar-refractivity contribution in [3.05, 3.63) is 24.4 Å². The molecule has 1 heteroatoms. The Morgan fingerprint density at radius 1 is 1.36 bits per heavy atom. The summed E-state index contributed by atoms with van der Waals surface area (Å²) in [5.41, 5.74) is 2.26. The van der Waals surface area contributed by atoms with Gasteiger partial charge in [0.2, 0.25) is 0 Å². The molecule has 0 amide bonds. The number of hydrogen-bond acceptors (Lipinski definition) is 1. The van der Waals surface area contributed by atoms with Crippen molar-refractivity contribution in [2.24, 2.45) is 10.9 Å². The van der Waals surface area contributed by atoms with Crippen molar-refractivity contribution in [3.63, 3.8) is 0 Å². The van der Waals surface area contributed by atoms with Gasteiger partial charge in [0.05, 0.1) is 0 Å². The summed E-state index contributed by atoms with van der Waals surface area (Å²) >= 11 is 0.